The Labute approximate surface area is 72.0 Å². The first-order chi connectivity index (χ1) is 5.24. The van der Waals surface area contributed by atoms with Gasteiger partial charge in [-0.25, -0.2) is 0 Å². The fraction of sp³-hybridized carbons (Fsp3) is 0.111. The third-order valence-corrected chi connectivity index (χ3v) is 1.58. The van der Waals surface area contributed by atoms with E-state index in [0.717, 1.165) is 16.8 Å². The van der Waals surface area contributed by atoms with E-state index in [1.807, 2.05) is 25.1 Å². The summed E-state index contributed by atoms with van der Waals surface area (Å²) in [7, 11) is 0. The molecular weight excluding hydrogens is 154 g/mol. The maximum Gasteiger partial charge on any atom is 0.0344 e. The molecular formula is C9H9NS. The Morgan fingerprint density at radius 1 is 1.45 bits per heavy atom. The summed E-state index contributed by atoms with van der Waals surface area (Å²) >= 11 is 3.80. The van der Waals surface area contributed by atoms with Crippen LogP contribution < -0.4 is 5.73 Å². The van der Waals surface area contributed by atoms with Crippen LogP contribution in [0.1, 0.15) is 11.1 Å². The number of rotatable bonds is 0. The molecule has 0 aliphatic carbocycles. The highest BCUT2D eigenvalue weighted by atomic mass is 32.1. The zero-order chi connectivity index (χ0) is 8.27. The van der Waals surface area contributed by atoms with Gasteiger partial charge in [0.15, 0.2) is 0 Å². The van der Waals surface area contributed by atoms with Crippen LogP contribution in [-0.2, 0) is 0 Å². The first-order valence-corrected chi connectivity index (χ1v) is 3.70. The number of hydrogen-bond donors (Lipinski definition) is 2. The summed E-state index contributed by atoms with van der Waals surface area (Å²) in [6, 6.07) is 5.67. The van der Waals surface area contributed by atoms with Crippen molar-refractivity contribution in [2.24, 2.45) is 0 Å². The lowest BCUT2D eigenvalue weighted by molar-refractivity contribution is 1.45. The molecule has 1 nitrogen and oxygen atoms in total. The molecule has 11 heavy (non-hydrogen) atoms. The summed E-state index contributed by atoms with van der Waals surface area (Å²) in [6.07, 6.45) is 0. The number of benzene rings is 1. The second kappa shape index (κ2) is 3.36. The van der Waals surface area contributed by atoms with E-state index in [-0.39, 0.29) is 0 Å². The molecule has 0 unspecified atom stereocenters. The smallest absolute Gasteiger partial charge is 0.0344 e. The molecule has 2 N–H and O–H groups in total. The summed E-state index contributed by atoms with van der Waals surface area (Å²) < 4.78 is 0. The number of hydrogen-bond acceptors (Lipinski definition) is 2. The number of nitrogens with two attached hydrogens (primary N) is 1. The van der Waals surface area contributed by atoms with Crippen molar-refractivity contribution >= 4 is 18.3 Å². The van der Waals surface area contributed by atoms with E-state index in [9.17, 15) is 0 Å². The molecule has 0 aliphatic rings. The molecule has 0 bridgehead atoms. The van der Waals surface area contributed by atoms with Crippen LogP contribution >= 0.6 is 12.6 Å². The van der Waals surface area contributed by atoms with Gasteiger partial charge in [-0.05, 0) is 35.9 Å². The van der Waals surface area contributed by atoms with Gasteiger partial charge in [-0.2, -0.15) is 0 Å². The van der Waals surface area contributed by atoms with E-state index < -0.39 is 0 Å². The van der Waals surface area contributed by atoms with Crippen molar-refractivity contribution < 1.29 is 0 Å². The van der Waals surface area contributed by atoms with Crippen molar-refractivity contribution in [1.82, 2.24) is 0 Å². The lowest BCUT2D eigenvalue weighted by atomic mass is 10.1. The van der Waals surface area contributed by atoms with Gasteiger partial charge in [-0.3, -0.25) is 0 Å². The predicted molar refractivity (Wildman–Crippen MR) is 51.5 cm³/mol. The Morgan fingerprint density at radius 3 is 2.73 bits per heavy atom. The van der Waals surface area contributed by atoms with Gasteiger partial charge in [0.2, 0.25) is 0 Å². The molecule has 56 valence electrons. The lowest BCUT2D eigenvalue weighted by Crippen LogP contribution is -1.88. The van der Waals surface area contributed by atoms with Gasteiger partial charge >= 0.3 is 0 Å². The number of thiol groups is 1. The van der Waals surface area contributed by atoms with Crippen molar-refractivity contribution in [3.05, 3.63) is 29.3 Å². The van der Waals surface area contributed by atoms with Gasteiger partial charge in [0.25, 0.3) is 0 Å². The van der Waals surface area contributed by atoms with E-state index in [2.05, 4.69) is 23.8 Å². The lowest BCUT2D eigenvalue weighted by Gasteiger charge is -1.98. The van der Waals surface area contributed by atoms with Crippen LogP contribution in [0.15, 0.2) is 18.2 Å². The fourth-order valence-corrected chi connectivity index (χ4v) is 0.947. The van der Waals surface area contributed by atoms with Crippen LogP contribution in [0.2, 0.25) is 0 Å². The van der Waals surface area contributed by atoms with E-state index in [1.165, 1.54) is 0 Å². The molecule has 0 saturated carbocycles. The second-order valence-electron chi connectivity index (χ2n) is 2.31. The number of nitrogen functional groups attached to an aromatic ring is 1. The molecule has 1 rings (SSSR count). The summed E-state index contributed by atoms with van der Waals surface area (Å²) in [4.78, 5) is 0. The van der Waals surface area contributed by atoms with Crippen LogP contribution in [0.5, 0.6) is 0 Å². The van der Waals surface area contributed by atoms with Crippen molar-refractivity contribution in [1.29, 1.82) is 0 Å². The molecule has 0 heterocycles. The molecule has 0 aliphatic heterocycles. The Balaban J connectivity index is 3.12. The van der Waals surface area contributed by atoms with Gasteiger partial charge in [0, 0.05) is 11.3 Å². The van der Waals surface area contributed by atoms with Gasteiger partial charge in [0.1, 0.15) is 0 Å². The normalized spacial score (nSPS) is 8.55. The highest BCUT2D eigenvalue weighted by molar-refractivity contribution is 7.85. The third kappa shape index (κ3) is 1.92. The number of aryl methyl sites for hydroxylation is 1. The Kier molecular flexibility index (Phi) is 2.45. The Hall–Kier alpha value is -1.07. The van der Waals surface area contributed by atoms with Gasteiger partial charge < -0.3 is 5.73 Å². The van der Waals surface area contributed by atoms with Crippen LogP contribution in [-0.4, -0.2) is 0 Å². The minimum absolute atomic E-state index is 0.801. The maximum atomic E-state index is 5.62. The average Bonchev–Trinajstić information content (AvgIpc) is 1.98. The molecule has 2 heteroatoms. The van der Waals surface area contributed by atoms with Crippen LogP contribution in [0.4, 0.5) is 5.69 Å². The summed E-state index contributed by atoms with van der Waals surface area (Å²) in [5, 5.41) is 2.53. The van der Waals surface area contributed by atoms with Crippen LogP contribution in [0.25, 0.3) is 0 Å². The molecule has 0 amide bonds. The van der Waals surface area contributed by atoms with E-state index >= 15 is 0 Å². The third-order valence-electron chi connectivity index (χ3n) is 1.47. The minimum Gasteiger partial charge on any atom is -0.399 e. The molecule has 0 saturated heterocycles. The van der Waals surface area contributed by atoms with Crippen molar-refractivity contribution in [3.8, 4) is 11.2 Å². The van der Waals surface area contributed by atoms with Gasteiger partial charge in [-0.15, -0.1) is 0 Å². The molecule has 0 radical (unpaired) electrons. The highest BCUT2D eigenvalue weighted by Gasteiger charge is 1.92. The van der Waals surface area contributed by atoms with E-state index in [1.54, 1.807) is 0 Å². The zero-order valence-corrected chi connectivity index (χ0v) is 7.15. The molecule has 1 aromatic rings. The van der Waals surface area contributed by atoms with Crippen LogP contribution in [0, 0.1) is 18.1 Å². The fourth-order valence-electron chi connectivity index (χ4n) is 0.818. The summed E-state index contributed by atoms with van der Waals surface area (Å²) in [6.45, 7) is 1.96. The summed E-state index contributed by atoms with van der Waals surface area (Å²) in [5.74, 6) is 2.83. The molecule has 0 atom stereocenters. The largest absolute Gasteiger partial charge is 0.399 e. The maximum absolute atomic E-state index is 5.62. The SMILES string of the molecule is Cc1cc(C#CS)ccc1N. The quantitative estimate of drug-likeness (QED) is 0.340. The minimum atomic E-state index is 0.801. The van der Waals surface area contributed by atoms with Crippen molar-refractivity contribution in [3.63, 3.8) is 0 Å². The summed E-state index contributed by atoms with van der Waals surface area (Å²) in [5.41, 5.74) is 8.42. The van der Waals surface area contributed by atoms with Gasteiger partial charge in [0.05, 0.1) is 0 Å². The Bertz CT molecular complexity index is 320. The number of anilines is 1. The highest BCUT2D eigenvalue weighted by Crippen LogP contribution is 2.11. The first-order valence-electron chi connectivity index (χ1n) is 3.25. The zero-order valence-electron chi connectivity index (χ0n) is 6.26. The van der Waals surface area contributed by atoms with Crippen molar-refractivity contribution in [2.75, 3.05) is 5.73 Å². The predicted octanol–water partition coefficient (Wildman–Crippen LogP) is 1.82. The Morgan fingerprint density at radius 2 is 2.18 bits per heavy atom. The molecule has 1 aromatic carbocycles. The first kappa shape index (κ1) is 8.03. The molecule has 0 fully saturated rings. The second-order valence-corrected chi connectivity index (χ2v) is 2.53. The van der Waals surface area contributed by atoms with Gasteiger partial charge in [-0.1, -0.05) is 18.5 Å². The average molecular weight is 163 g/mol. The molecule has 0 aromatic heterocycles. The van der Waals surface area contributed by atoms with E-state index in [0.29, 0.717) is 0 Å². The van der Waals surface area contributed by atoms with E-state index in [4.69, 9.17) is 5.73 Å². The van der Waals surface area contributed by atoms with Crippen LogP contribution in [0.3, 0.4) is 0 Å². The topological polar surface area (TPSA) is 26.0 Å². The molecule has 0 spiro atoms. The monoisotopic (exact) mass is 163 g/mol. The standard InChI is InChI=1S/C9H9NS/c1-7-6-8(4-5-11)2-3-9(7)10/h2-3,6,11H,10H2,1H3. The van der Waals surface area contributed by atoms with Crippen molar-refractivity contribution in [2.45, 2.75) is 6.92 Å².